The van der Waals surface area contributed by atoms with Gasteiger partial charge in [-0.15, -0.1) is 0 Å². The van der Waals surface area contributed by atoms with Crippen molar-refractivity contribution < 1.29 is 100 Å². The zero-order valence-electron chi connectivity index (χ0n) is 33.5. The molecule has 0 fully saturated rings. The van der Waals surface area contributed by atoms with E-state index in [1.165, 1.54) is 20.6 Å². The van der Waals surface area contributed by atoms with Gasteiger partial charge < -0.3 is 37.2 Å². The number of ether oxygens (including phenoxy) is 9. The van der Waals surface area contributed by atoms with Gasteiger partial charge in [0.1, 0.15) is 0 Å². The van der Waals surface area contributed by atoms with Crippen LogP contribution >= 0.6 is 0 Å². The predicted octanol–water partition coefficient (Wildman–Crippen LogP) is -2.90. The van der Waals surface area contributed by atoms with Gasteiger partial charge in [-0.2, -0.15) is 0 Å². The molecule has 1 aliphatic rings. The Balaban J connectivity index is 0.00000468. The van der Waals surface area contributed by atoms with Crippen molar-refractivity contribution in [2.75, 3.05) is 64.0 Å². The molecular weight excluding hydrogens is 795 g/mol. The zero-order valence-corrected chi connectivity index (χ0v) is 38.4. The number of halogens is 3. The van der Waals surface area contributed by atoms with Crippen molar-refractivity contribution in [1.82, 2.24) is 0 Å². The van der Waals surface area contributed by atoms with E-state index in [9.17, 15) is 0 Å². The molecule has 14 heteroatoms. The first-order valence-electron chi connectivity index (χ1n) is 16.2. The summed E-state index contributed by atoms with van der Waals surface area (Å²) in [7, 11) is 11.2. The molecule has 1 unspecified atom stereocenters. The van der Waals surface area contributed by atoms with Gasteiger partial charge in [0.15, 0.2) is 0 Å². The van der Waals surface area contributed by atoms with Crippen molar-refractivity contribution in [3.05, 3.63) is 55.5 Å². The van der Waals surface area contributed by atoms with Gasteiger partial charge in [-0.3, -0.25) is 0 Å². The number of hydrogen-bond acceptors (Lipinski definition) is 9. The van der Waals surface area contributed by atoms with E-state index in [0.717, 1.165) is 32.3 Å². The van der Waals surface area contributed by atoms with Crippen LogP contribution in [0.3, 0.4) is 0 Å². The van der Waals surface area contributed by atoms with Crippen LogP contribution in [0.25, 0.3) is 0 Å². The van der Waals surface area contributed by atoms with Gasteiger partial charge in [0.2, 0.25) is 0 Å². The molecule has 0 bridgehead atoms. The Bertz CT molecular complexity index is 1700. The minimum absolute atomic E-state index is 0. The summed E-state index contributed by atoms with van der Waals surface area (Å²) in [6, 6.07) is 6.38. The van der Waals surface area contributed by atoms with E-state index < -0.39 is 13.1 Å². The Morgan fingerprint density at radius 2 is 0.698 bits per heavy atom. The van der Waals surface area contributed by atoms with Gasteiger partial charge in [0.25, 0.3) is 0 Å². The van der Waals surface area contributed by atoms with Crippen LogP contribution in [0.2, 0.25) is 5.04 Å². The molecule has 0 amide bonds. The number of allylic oxidation sites excluding steroid dienone is 4. The Morgan fingerprint density at radius 3 is 0.887 bits per heavy atom. The Labute approximate surface area is 346 Å². The van der Waals surface area contributed by atoms with Crippen LogP contribution < -0.4 is 95.4 Å². The third-order valence-electron chi connectivity index (χ3n) is 10.9. The topological polar surface area (TPSA) is 83.1 Å². The molecule has 3 aromatic carbocycles. The molecule has 0 spiro atoms. The largest absolute Gasteiger partial charge is 1.00 e. The molecule has 0 heterocycles. The Hall–Kier alpha value is -2.86. The number of rotatable bonds is 13. The first-order valence-corrected chi connectivity index (χ1v) is 19.0. The minimum Gasteiger partial charge on any atom is -1.00 e. The molecule has 53 heavy (non-hydrogen) atoms. The summed E-state index contributed by atoms with van der Waals surface area (Å²) in [5, 5.41) is 2.56. The molecule has 0 aliphatic heterocycles. The summed E-state index contributed by atoms with van der Waals surface area (Å²) in [6.07, 6.45) is 0. The van der Waals surface area contributed by atoms with Crippen molar-refractivity contribution >= 4 is 23.6 Å². The maximum absolute atomic E-state index is 6.18. The van der Waals surface area contributed by atoms with Crippen LogP contribution in [0.5, 0.6) is 51.7 Å². The maximum atomic E-state index is 6.18. The van der Waals surface area contributed by atoms with E-state index >= 15 is 0 Å². The number of benzene rings is 3. The second kappa shape index (κ2) is 18.7. The van der Waals surface area contributed by atoms with E-state index in [2.05, 4.69) is 87.1 Å². The minimum atomic E-state index is -3.61. The number of methoxy groups -OCH3 is 9. The average molecular weight is 846 g/mol. The second-order valence-corrected chi connectivity index (χ2v) is 17.5. The van der Waals surface area contributed by atoms with Gasteiger partial charge >= 0.3 is 311 Å². The summed E-state index contributed by atoms with van der Waals surface area (Å²) in [5.41, 5.74) is 6.52. The van der Waals surface area contributed by atoms with Crippen LogP contribution in [0.1, 0.15) is 44.4 Å². The third kappa shape index (κ3) is 6.86. The summed E-state index contributed by atoms with van der Waals surface area (Å²) in [4.78, 5) is 0. The van der Waals surface area contributed by atoms with Gasteiger partial charge in [-0.05, 0) is 0 Å². The zero-order chi connectivity index (χ0) is 37.5. The first kappa shape index (κ1) is 48.2. The molecule has 0 aromatic heterocycles. The number of hydrogen-bond donors (Lipinski definition) is 0. The molecule has 290 valence electrons. The SMILES string of the molecule is COc1cc([Si](c2cc(OC)c(OC)c(OC)c2C)(c2cc(OC)c(OC)c(OC)c2C)C2(C)C(C)=C(C)C(C)=[C]2[Ti+3])c(C)c(OC)c1OC.[Cl-].[Cl-].[Cl-]. The molecule has 0 N–H and O–H groups in total. The molecule has 1 atom stereocenters. The summed E-state index contributed by atoms with van der Waals surface area (Å²) >= 11 is 2.26. The van der Waals surface area contributed by atoms with E-state index in [-0.39, 0.29) is 37.2 Å². The van der Waals surface area contributed by atoms with Crippen molar-refractivity contribution in [1.29, 1.82) is 0 Å². The standard InChI is InChI=1S/C39H51O9Si.3ClH.Ti/c1-21-20-39(7,26(6)22(21)2)49(30-17-27(40-8)36(46-14)33(43-11)23(30)3,31-18-28(41-9)37(47-15)34(44-12)24(31)4)32-19-29(42-10)38(48-16)35(45-13)25(32)5;;;;/h17-19H,1-16H3;3*1H;/q;;;;+3/p-3. The molecular formula is C39H51Cl3O9SiTi. The van der Waals surface area contributed by atoms with Crippen molar-refractivity contribution in [2.45, 2.75) is 53.5 Å². The van der Waals surface area contributed by atoms with Crippen molar-refractivity contribution in [3.8, 4) is 51.7 Å². The molecule has 9 nitrogen and oxygen atoms in total. The Morgan fingerprint density at radius 1 is 0.434 bits per heavy atom. The molecule has 0 radical (unpaired) electrons. The van der Waals surface area contributed by atoms with Crippen molar-refractivity contribution in [3.63, 3.8) is 0 Å². The molecule has 1 aliphatic carbocycles. The van der Waals surface area contributed by atoms with E-state index in [1.54, 1.807) is 64.0 Å². The van der Waals surface area contributed by atoms with Gasteiger partial charge in [-0.1, -0.05) is 0 Å². The van der Waals surface area contributed by atoms with Crippen LogP contribution in [0, 0.1) is 20.8 Å². The van der Waals surface area contributed by atoms with Crippen LogP contribution in [0.15, 0.2) is 38.8 Å². The fourth-order valence-corrected chi connectivity index (χ4v) is 16.5. The average Bonchev–Trinajstić information content (AvgIpc) is 3.27. The smallest absolute Gasteiger partial charge is 1.00 e. The van der Waals surface area contributed by atoms with Crippen LogP contribution in [-0.4, -0.2) is 72.1 Å². The fraction of sp³-hybridized carbons (Fsp3) is 0.436. The summed E-state index contributed by atoms with van der Waals surface area (Å²) in [5.74, 6) is 4.98. The fourth-order valence-electron chi connectivity index (χ4n) is 8.19. The van der Waals surface area contributed by atoms with Crippen LogP contribution in [-0.2, 0) is 20.4 Å². The summed E-state index contributed by atoms with van der Waals surface area (Å²) in [6.45, 7) is 15.3. The van der Waals surface area contributed by atoms with Gasteiger partial charge in [0.05, 0.1) is 0 Å². The van der Waals surface area contributed by atoms with E-state index in [0.29, 0.717) is 51.7 Å². The Kier molecular flexibility index (Phi) is 16.9. The maximum Gasteiger partial charge on any atom is -1.00 e. The van der Waals surface area contributed by atoms with Crippen LogP contribution in [0.4, 0.5) is 0 Å². The quantitative estimate of drug-likeness (QED) is 0.133. The predicted molar refractivity (Wildman–Crippen MR) is 197 cm³/mol. The van der Waals surface area contributed by atoms with Crippen molar-refractivity contribution in [2.24, 2.45) is 0 Å². The normalized spacial score (nSPS) is 15.1. The molecule has 4 rings (SSSR count). The summed E-state index contributed by atoms with van der Waals surface area (Å²) < 4.78 is 55.9. The van der Waals surface area contributed by atoms with Gasteiger partial charge in [-0.25, -0.2) is 0 Å². The van der Waals surface area contributed by atoms with E-state index in [4.69, 9.17) is 42.6 Å². The van der Waals surface area contributed by atoms with Gasteiger partial charge in [0, 0.05) is 0 Å². The third-order valence-corrected chi connectivity index (χ3v) is 18.8. The van der Waals surface area contributed by atoms with E-state index in [1.807, 2.05) is 0 Å². The molecule has 3 aromatic rings. The second-order valence-electron chi connectivity index (χ2n) is 12.6. The first-order chi connectivity index (χ1) is 23.7. The monoisotopic (exact) mass is 844 g/mol. The molecule has 0 saturated carbocycles. The molecule has 0 saturated heterocycles.